The zero-order chi connectivity index (χ0) is 28.9. The molecule has 0 aromatic rings. The summed E-state index contributed by atoms with van der Waals surface area (Å²) in [7, 11) is 0. The lowest BCUT2D eigenvalue weighted by Crippen LogP contribution is -2.59. The molecule has 0 spiro atoms. The highest BCUT2D eigenvalue weighted by molar-refractivity contribution is 5.76. The molecule has 4 aliphatic carbocycles. The van der Waals surface area contributed by atoms with Gasteiger partial charge in [0.25, 0.3) is 0 Å². The minimum absolute atomic E-state index is 0.142. The fourth-order valence-corrected chi connectivity index (χ4v) is 10.4. The van der Waals surface area contributed by atoms with E-state index in [1.54, 1.807) is 0 Å². The number of unbranched alkanes of at least 4 members (excludes halogenated alkanes) is 1. The Balaban J connectivity index is 1.30. The van der Waals surface area contributed by atoms with Crippen LogP contribution in [0.2, 0.25) is 0 Å². The molecule has 0 radical (unpaired) electrons. The summed E-state index contributed by atoms with van der Waals surface area (Å²) in [6.07, 6.45) is 15.0. The molecule has 0 heterocycles. The molecule has 0 aromatic carbocycles. The smallest absolute Gasteiger partial charge is 0.220 e. The zero-order valence-corrected chi connectivity index (χ0v) is 26.6. The number of rotatable bonds is 14. The van der Waals surface area contributed by atoms with Crippen LogP contribution in [-0.4, -0.2) is 55.4 Å². The van der Waals surface area contributed by atoms with E-state index in [0.717, 1.165) is 45.4 Å². The van der Waals surface area contributed by atoms with Crippen LogP contribution in [0.25, 0.3) is 0 Å². The van der Waals surface area contributed by atoms with Gasteiger partial charge in [-0.1, -0.05) is 20.8 Å². The normalized spacial score (nSPS) is 39.9. The van der Waals surface area contributed by atoms with Crippen LogP contribution >= 0.6 is 0 Å². The Bertz CT molecular complexity index is 807. The minimum atomic E-state index is -0.142. The van der Waals surface area contributed by atoms with E-state index in [1.807, 2.05) is 13.8 Å². The van der Waals surface area contributed by atoms with Gasteiger partial charge in [0.1, 0.15) is 0 Å². The van der Waals surface area contributed by atoms with E-state index in [2.05, 4.69) is 36.7 Å². The lowest BCUT2D eigenvalue weighted by molar-refractivity contribution is -0.167. The molecule has 1 amide bonds. The molecule has 0 saturated heterocycles. The van der Waals surface area contributed by atoms with Crippen LogP contribution in [-0.2, 0) is 4.79 Å². The van der Waals surface area contributed by atoms with Crippen LogP contribution in [0.15, 0.2) is 0 Å². The van der Waals surface area contributed by atoms with Gasteiger partial charge in [0.05, 0.1) is 6.10 Å². The summed E-state index contributed by atoms with van der Waals surface area (Å²) < 4.78 is 0. The van der Waals surface area contributed by atoms with Gasteiger partial charge in [-0.15, -0.1) is 0 Å². The molecule has 4 saturated carbocycles. The lowest BCUT2D eigenvalue weighted by atomic mass is 9.43. The maximum atomic E-state index is 12.3. The zero-order valence-electron chi connectivity index (χ0n) is 26.6. The van der Waals surface area contributed by atoms with Crippen molar-refractivity contribution >= 4 is 5.91 Å². The molecule has 4 fully saturated rings. The van der Waals surface area contributed by atoms with Crippen molar-refractivity contribution in [2.45, 2.75) is 136 Å². The van der Waals surface area contributed by atoms with Gasteiger partial charge in [0, 0.05) is 18.5 Å². The first-order valence-electron chi connectivity index (χ1n) is 17.2. The predicted molar refractivity (Wildman–Crippen MR) is 166 cm³/mol. The molecule has 4 aliphatic rings. The number of carbonyl (C=O) groups is 1. The van der Waals surface area contributed by atoms with Crippen LogP contribution in [0.1, 0.15) is 118 Å². The van der Waals surface area contributed by atoms with Gasteiger partial charge in [-0.25, -0.2) is 0 Å². The monoisotopic (exact) mass is 561 g/mol. The standard InChI is InChI=1S/C34H64N4O2/c1-23(2)38-31(40)12-9-24(3)27-10-11-28-32-29(14-16-34(27,28)5)33(4)15-13-26(21-25(33)22-30(32)39)37-20-7-6-18-36-19-8-17-35/h23-30,32,36-37,39H,6-22,35H2,1-5H3,(H,38,40)/t24-,25?,26+,27-,28?,29?,30?,32?,33+,34-/m1/s1. The molecule has 40 heavy (non-hydrogen) atoms. The molecule has 4 rings (SSSR count). The Morgan fingerprint density at radius 1 is 0.925 bits per heavy atom. The average molecular weight is 561 g/mol. The van der Waals surface area contributed by atoms with Gasteiger partial charge >= 0.3 is 0 Å². The average Bonchev–Trinajstić information content (AvgIpc) is 3.26. The predicted octanol–water partition coefficient (Wildman–Crippen LogP) is 5.23. The fraction of sp³-hybridized carbons (Fsp3) is 0.971. The summed E-state index contributed by atoms with van der Waals surface area (Å²) in [5.41, 5.74) is 6.27. The van der Waals surface area contributed by atoms with Crippen molar-refractivity contribution in [2.75, 3.05) is 26.2 Å². The fourth-order valence-electron chi connectivity index (χ4n) is 10.4. The summed E-state index contributed by atoms with van der Waals surface area (Å²) in [5.74, 6) is 3.88. The van der Waals surface area contributed by atoms with Crippen molar-refractivity contribution in [1.29, 1.82) is 0 Å². The molecular formula is C34H64N4O2. The molecule has 6 heteroatoms. The Morgan fingerprint density at radius 2 is 1.62 bits per heavy atom. The highest BCUT2D eigenvalue weighted by atomic mass is 16.3. The van der Waals surface area contributed by atoms with E-state index in [4.69, 9.17) is 5.73 Å². The van der Waals surface area contributed by atoms with Gasteiger partial charge in [-0.3, -0.25) is 4.79 Å². The number of nitrogens with one attached hydrogen (secondary N) is 3. The SMILES string of the molecule is CC(C)NC(=O)CC[C@@H](C)[C@H]1CCC2C3C(O)CC4C[C@@H](NCCCCNCCCN)CC[C@]4(C)C3CC[C@@]21C. The van der Waals surface area contributed by atoms with Crippen molar-refractivity contribution in [3.63, 3.8) is 0 Å². The molecular weight excluding hydrogens is 496 g/mol. The quantitative estimate of drug-likeness (QED) is 0.187. The Kier molecular flexibility index (Phi) is 11.4. The summed E-state index contributed by atoms with van der Waals surface area (Å²) in [5, 5.41) is 22.2. The summed E-state index contributed by atoms with van der Waals surface area (Å²) >= 11 is 0. The third-order valence-corrected chi connectivity index (χ3v) is 12.5. The van der Waals surface area contributed by atoms with Crippen LogP contribution in [0.3, 0.4) is 0 Å². The van der Waals surface area contributed by atoms with Gasteiger partial charge in [-0.2, -0.15) is 0 Å². The van der Waals surface area contributed by atoms with E-state index >= 15 is 0 Å². The largest absolute Gasteiger partial charge is 0.393 e. The third-order valence-electron chi connectivity index (χ3n) is 12.5. The molecule has 0 bridgehead atoms. The maximum Gasteiger partial charge on any atom is 0.220 e. The number of fused-ring (bicyclic) bond motifs is 5. The van der Waals surface area contributed by atoms with Crippen molar-refractivity contribution in [3.05, 3.63) is 0 Å². The molecule has 6 N–H and O–H groups in total. The Hall–Kier alpha value is -0.690. The first kappa shape index (κ1) is 32.2. The topological polar surface area (TPSA) is 99.4 Å². The Labute approximate surface area is 246 Å². The molecule has 232 valence electrons. The number of aliphatic hydroxyl groups excluding tert-OH is 1. The summed E-state index contributed by atoms with van der Waals surface area (Å²) in [6.45, 7) is 15.7. The Morgan fingerprint density at radius 3 is 2.38 bits per heavy atom. The van der Waals surface area contributed by atoms with E-state index in [0.29, 0.717) is 58.8 Å². The second kappa shape index (κ2) is 14.2. The van der Waals surface area contributed by atoms with Crippen LogP contribution in [0.5, 0.6) is 0 Å². The number of hydrogen-bond acceptors (Lipinski definition) is 5. The molecule has 10 atom stereocenters. The van der Waals surface area contributed by atoms with Crippen molar-refractivity contribution < 1.29 is 9.90 Å². The summed E-state index contributed by atoms with van der Waals surface area (Å²) in [6, 6.07) is 0.833. The van der Waals surface area contributed by atoms with E-state index in [-0.39, 0.29) is 18.1 Å². The second-order valence-electron chi connectivity index (χ2n) is 15.3. The van der Waals surface area contributed by atoms with Crippen LogP contribution in [0.4, 0.5) is 0 Å². The maximum absolute atomic E-state index is 12.3. The van der Waals surface area contributed by atoms with Crippen LogP contribution in [0, 0.1) is 46.3 Å². The molecule has 6 nitrogen and oxygen atoms in total. The second-order valence-corrected chi connectivity index (χ2v) is 15.3. The molecule has 0 aromatic heterocycles. The van der Waals surface area contributed by atoms with Crippen molar-refractivity contribution in [1.82, 2.24) is 16.0 Å². The van der Waals surface area contributed by atoms with E-state index < -0.39 is 0 Å². The first-order chi connectivity index (χ1) is 19.1. The number of nitrogens with two attached hydrogens (primary N) is 1. The van der Waals surface area contributed by atoms with Crippen molar-refractivity contribution in [3.8, 4) is 0 Å². The van der Waals surface area contributed by atoms with Gasteiger partial charge in [0.15, 0.2) is 0 Å². The lowest BCUT2D eigenvalue weighted by Gasteiger charge is -2.62. The summed E-state index contributed by atoms with van der Waals surface area (Å²) in [4.78, 5) is 12.3. The van der Waals surface area contributed by atoms with E-state index in [1.165, 1.54) is 57.8 Å². The third kappa shape index (κ3) is 7.09. The molecule has 5 unspecified atom stereocenters. The number of amides is 1. The van der Waals surface area contributed by atoms with Crippen LogP contribution < -0.4 is 21.7 Å². The van der Waals surface area contributed by atoms with Gasteiger partial charge < -0.3 is 26.8 Å². The number of hydrogen-bond donors (Lipinski definition) is 5. The van der Waals surface area contributed by atoms with Crippen molar-refractivity contribution in [2.24, 2.45) is 52.1 Å². The minimum Gasteiger partial charge on any atom is -0.393 e. The highest BCUT2D eigenvalue weighted by Crippen LogP contribution is 2.68. The highest BCUT2D eigenvalue weighted by Gasteiger charge is 2.62. The first-order valence-corrected chi connectivity index (χ1v) is 17.2. The number of carbonyl (C=O) groups excluding carboxylic acids is 1. The van der Waals surface area contributed by atoms with E-state index in [9.17, 15) is 9.90 Å². The molecule has 0 aliphatic heterocycles. The van der Waals surface area contributed by atoms with Gasteiger partial charge in [0.2, 0.25) is 5.91 Å². The number of aliphatic hydroxyl groups is 1. The van der Waals surface area contributed by atoms with Gasteiger partial charge in [-0.05, 0) is 163 Å².